The minimum absolute atomic E-state index is 0.262. The lowest BCUT2D eigenvalue weighted by Gasteiger charge is -2.36. The van der Waals surface area contributed by atoms with Crippen LogP contribution in [-0.2, 0) is 6.18 Å². The molecule has 0 N–H and O–H groups in total. The van der Waals surface area contributed by atoms with Crippen LogP contribution in [0.15, 0.2) is 53.1 Å². The van der Waals surface area contributed by atoms with Gasteiger partial charge < -0.3 is 14.3 Å². The van der Waals surface area contributed by atoms with Crippen molar-refractivity contribution in [3.05, 3.63) is 71.2 Å². The van der Waals surface area contributed by atoms with E-state index in [9.17, 15) is 22.4 Å². The minimum Gasteiger partial charge on any atom is -0.368 e. The van der Waals surface area contributed by atoms with Gasteiger partial charge in [-0.25, -0.2) is 4.39 Å². The Hall–Kier alpha value is -3.36. The van der Waals surface area contributed by atoms with Gasteiger partial charge in [-0.1, -0.05) is 23.4 Å². The van der Waals surface area contributed by atoms with Gasteiger partial charge >= 0.3 is 6.18 Å². The van der Waals surface area contributed by atoms with Gasteiger partial charge in [0.05, 0.1) is 5.56 Å². The average Bonchev–Trinajstić information content (AvgIpc) is 3.14. The lowest BCUT2D eigenvalue weighted by atomic mass is 10.0. The molecule has 1 aromatic heterocycles. The number of hydrogen-bond acceptors (Lipinski definition) is 4. The lowest BCUT2D eigenvalue weighted by molar-refractivity contribution is -0.137. The number of benzene rings is 2. The fourth-order valence-electron chi connectivity index (χ4n) is 3.66. The maximum atomic E-state index is 13.6. The van der Waals surface area contributed by atoms with E-state index in [1.165, 1.54) is 24.3 Å². The number of carbonyl (C=O) groups excluding carboxylic acids is 1. The van der Waals surface area contributed by atoms with Crippen LogP contribution in [0.1, 0.15) is 21.7 Å². The van der Waals surface area contributed by atoms with E-state index < -0.39 is 17.6 Å². The number of carbonyl (C=O) groups is 1. The summed E-state index contributed by atoms with van der Waals surface area (Å²) in [7, 11) is 0. The van der Waals surface area contributed by atoms with Crippen molar-refractivity contribution in [1.82, 2.24) is 10.1 Å². The Labute approximate surface area is 175 Å². The Morgan fingerprint density at radius 2 is 1.74 bits per heavy atom. The maximum absolute atomic E-state index is 13.6. The number of aromatic nitrogens is 1. The second kappa shape index (κ2) is 8.05. The van der Waals surface area contributed by atoms with Crippen LogP contribution in [0.4, 0.5) is 23.2 Å². The van der Waals surface area contributed by atoms with Crippen LogP contribution < -0.4 is 4.90 Å². The molecule has 1 fully saturated rings. The predicted octanol–water partition coefficient (Wildman–Crippen LogP) is 4.77. The van der Waals surface area contributed by atoms with Crippen LogP contribution in [0.5, 0.6) is 0 Å². The Balaban J connectivity index is 1.51. The summed E-state index contributed by atoms with van der Waals surface area (Å²) in [6.45, 7) is 3.02. The minimum atomic E-state index is -4.41. The highest BCUT2D eigenvalue weighted by molar-refractivity contribution is 6.00. The summed E-state index contributed by atoms with van der Waals surface area (Å²) in [5.41, 5.74) is 0.718. The van der Waals surface area contributed by atoms with Crippen molar-refractivity contribution in [3.8, 4) is 11.3 Å². The normalized spacial score (nSPS) is 14.7. The molecule has 0 aliphatic carbocycles. The number of nitrogens with zero attached hydrogens (tertiary/aromatic N) is 3. The van der Waals surface area contributed by atoms with Crippen LogP contribution in [0.3, 0.4) is 0 Å². The Morgan fingerprint density at radius 1 is 1.03 bits per heavy atom. The molecule has 0 spiro atoms. The van der Waals surface area contributed by atoms with Crippen LogP contribution in [0, 0.1) is 12.7 Å². The number of piperazine rings is 1. The molecule has 0 bridgehead atoms. The molecule has 31 heavy (non-hydrogen) atoms. The maximum Gasteiger partial charge on any atom is 0.416 e. The molecular formula is C22H19F4N3O2. The van der Waals surface area contributed by atoms with E-state index in [0.717, 1.165) is 12.1 Å². The van der Waals surface area contributed by atoms with E-state index in [4.69, 9.17) is 4.52 Å². The number of amides is 1. The quantitative estimate of drug-likeness (QED) is 0.559. The molecule has 9 heteroatoms. The monoisotopic (exact) mass is 433 g/mol. The SMILES string of the molecule is Cc1onc(-c2cccc(F)c2)c1C(=O)N1CCN(c2cccc(C(F)(F)F)c2)CC1. The summed E-state index contributed by atoms with van der Waals surface area (Å²) >= 11 is 0. The van der Waals surface area contributed by atoms with Gasteiger partial charge in [-0.05, 0) is 37.3 Å². The van der Waals surface area contributed by atoms with Gasteiger partial charge in [-0.15, -0.1) is 0 Å². The predicted molar refractivity (Wildman–Crippen MR) is 106 cm³/mol. The van der Waals surface area contributed by atoms with E-state index in [2.05, 4.69) is 5.16 Å². The van der Waals surface area contributed by atoms with Gasteiger partial charge in [0.1, 0.15) is 22.8 Å². The molecule has 2 aromatic carbocycles. The first-order chi connectivity index (χ1) is 14.7. The molecule has 3 aromatic rings. The smallest absolute Gasteiger partial charge is 0.368 e. The Morgan fingerprint density at radius 3 is 2.42 bits per heavy atom. The molecule has 0 unspecified atom stereocenters. The highest BCUT2D eigenvalue weighted by Crippen LogP contribution is 2.32. The summed E-state index contributed by atoms with van der Waals surface area (Å²) in [5.74, 6) is -0.433. The van der Waals surface area contributed by atoms with Gasteiger partial charge in [-0.2, -0.15) is 13.2 Å². The van der Waals surface area contributed by atoms with E-state index in [0.29, 0.717) is 43.2 Å². The zero-order valence-corrected chi connectivity index (χ0v) is 16.6. The summed E-state index contributed by atoms with van der Waals surface area (Å²) in [6.07, 6.45) is -4.41. The van der Waals surface area contributed by atoms with Crippen molar-refractivity contribution in [2.75, 3.05) is 31.1 Å². The first kappa shape index (κ1) is 20.9. The van der Waals surface area contributed by atoms with Crippen LogP contribution in [0.2, 0.25) is 0 Å². The first-order valence-corrected chi connectivity index (χ1v) is 9.68. The highest BCUT2D eigenvalue weighted by atomic mass is 19.4. The third-order valence-corrected chi connectivity index (χ3v) is 5.28. The van der Waals surface area contributed by atoms with E-state index in [1.807, 2.05) is 4.90 Å². The zero-order chi connectivity index (χ0) is 22.2. The van der Waals surface area contributed by atoms with E-state index >= 15 is 0 Å². The largest absolute Gasteiger partial charge is 0.416 e. The average molecular weight is 433 g/mol. The molecule has 1 amide bonds. The second-order valence-electron chi connectivity index (χ2n) is 7.30. The Kier molecular flexibility index (Phi) is 5.43. The van der Waals surface area contributed by atoms with Gasteiger partial charge in [0.2, 0.25) is 0 Å². The molecule has 0 atom stereocenters. The number of hydrogen-bond donors (Lipinski definition) is 0. The number of anilines is 1. The lowest BCUT2D eigenvalue weighted by Crippen LogP contribution is -2.49. The molecule has 1 saturated heterocycles. The summed E-state index contributed by atoms with van der Waals surface area (Å²) < 4.78 is 57.8. The molecule has 4 rings (SSSR count). The first-order valence-electron chi connectivity index (χ1n) is 9.68. The molecule has 1 aliphatic rings. The van der Waals surface area contributed by atoms with Crippen LogP contribution in [0.25, 0.3) is 11.3 Å². The topological polar surface area (TPSA) is 49.6 Å². The van der Waals surface area contributed by atoms with Crippen molar-refractivity contribution >= 4 is 11.6 Å². The fourth-order valence-corrected chi connectivity index (χ4v) is 3.66. The molecule has 2 heterocycles. The number of rotatable bonds is 3. The van der Waals surface area contributed by atoms with Crippen LogP contribution in [-0.4, -0.2) is 42.1 Å². The van der Waals surface area contributed by atoms with Crippen molar-refractivity contribution < 1.29 is 26.9 Å². The molecular weight excluding hydrogens is 414 g/mol. The molecule has 162 valence electrons. The molecule has 5 nitrogen and oxygen atoms in total. The summed E-state index contributed by atoms with van der Waals surface area (Å²) in [4.78, 5) is 16.6. The number of halogens is 4. The van der Waals surface area contributed by atoms with Gasteiger partial charge in [0, 0.05) is 37.4 Å². The van der Waals surface area contributed by atoms with E-state index in [-0.39, 0.29) is 17.2 Å². The van der Waals surface area contributed by atoms with Crippen LogP contribution >= 0.6 is 0 Å². The van der Waals surface area contributed by atoms with Crippen molar-refractivity contribution in [3.63, 3.8) is 0 Å². The number of aryl methyl sites for hydroxylation is 1. The van der Waals surface area contributed by atoms with Crippen molar-refractivity contribution in [2.45, 2.75) is 13.1 Å². The van der Waals surface area contributed by atoms with Gasteiger partial charge in [0.25, 0.3) is 5.91 Å². The van der Waals surface area contributed by atoms with Crippen molar-refractivity contribution in [2.24, 2.45) is 0 Å². The highest BCUT2D eigenvalue weighted by Gasteiger charge is 2.32. The number of alkyl halides is 3. The van der Waals surface area contributed by atoms with Gasteiger partial charge in [-0.3, -0.25) is 4.79 Å². The molecule has 0 saturated carbocycles. The zero-order valence-electron chi connectivity index (χ0n) is 16.6. The van der Waals surface area contributed by atoms with Gasteiger partial charge in [0.15, 0.2) is 0 Å². The summed E-state index contributed by atoms with van der Waals surface area (Å²) in [6, 6.07) is 10.9. The second-order valence-corrected chi connectivity index (χ2v) is 7.30. The molecule has 1 aliphatic heterocycles. The fraction of sp³-hybridized carbons (Fsp3) is 0.273. The molecule has 0 radical (unpaired) electrons. The third-order valence-electron chi connectivity index (χ3n) is 5.28. The standard InChI is InChI=1S/C22H19F4N3O2/c1-14-19(20(27-31-14)15-4-2-6-17(23)12-15)21(30)29-10-8-28(9-11-29)18-7-3-5-16(13-18)22(24,25)26/h2-7,12-13H,8-11H2,1H3. The summed E-state index contributed by atoms with van der Waals surface area (Å²) in [5, 5.41) is 3.93. The van der Waals surface area contributed by atoms with E-state index in [1.54, 1.807) is 24.0 Å². The Bertz CT molecular complexity index is 1100. The third kappa shape index (κ3) is 4.26. The van der Waals surface area contributed by atoms with Crippen molar-refractivity contribution in [1.29, 1.82) is 0 Å².